The van der Waals surface area contributed by atoms with Crippen molar-refractivity contribution in [3.05, 3.63) is 59.1 Å². The zero-order valence-corrected chi connectivity index (χ0v) is 15.3. The first-order valence-corrected chi connectivity index (χ1v) is 8.79. The van der Waals surface area contributed by atoms with Gasteiger partial charge in [0.05, 0.1) is 31.7 Å². The lowest BCUT2D eigenvalue weighted by Gasteiger charge is -2.30. The Balaban J connectivity index is 1.73. The molecule has 6 heteroatoms. The van der Waals surface area contributed by atoms with Gasteiger partial charge in [-0.2, -0.15) is 0 Å². The molecule has 0 saturated carbocycles. The number of methoxy groups -OCH3 is 1. The molecule has 0 unspecified atom stereocenters. The lowest BCUT2D eigenvalue weighted by Crippen LogP contribution is -2.36. The first-order chi connectivity index (χ1) is 12.7. The van der Waals surface area contributed by atoms with Crippen molar-refractivity contribution in [3.8, 4) is 5.75 Å². The Morgan fingerprint density at radius 1 is 1.23 bits per heavy atom. The SMILES string of the molecule is COc1ccc(Cl)cc1/C=C/C(=O)Nc1ccccc1N1CCOCC1. The van der Waals surface area contributed by atoms with Crippen molar-refractivity contribution in [1.29, 1.82) is 0 Å². The van der Waals surface area contributed by atoms with Crippen molar-refractivity contribution in [2.45, 2.75) is 0 Å². The van der Waals surface area contributed by atoms with E-state index < -0.39 is 0 Å². The van der Waals surface area contributed by atoms with Crippen LogP contribution in [0.4, 0.5) is 11.4 Å². The fourth-order valence-corrected chi connectivity index (χ4v) is 3.02. The molecule has 1 heterocycles. The molecule has 26 heavy (non-hydrogen) atoms. The van der Waals surface area contributed by atoms with Gasteiger partial charge in [0.1, 0.15) is 5.75 Å². The van der Waals surface area contributed by atoms with Crippen LogP contribution in [0, 0.1) is 0 Å². The fraction of sp³-hybridized carbons (Fsp3) is 0.250. The molecule has 1 aliphatic rings. The maximum absolute atomic E-state index is 12.4. The topological polar surface area (TPSA) is 50.8 Å². The van der Waals surface area contributed by atoms with Gasteiger partial charge in [0.15, 0.2) is 0 Å². The molecule has 0 aromatic heterocycles. The number of para-hydroxylation sites is 2. The Morgan fingerprint density at radius 2 is 2.00 bits per heavy atom. The number of morpholine rings is 1. The summed E-state index contributed by atoms with van der Waals surface area (Å²) in [6, 6.07) is 13.0. The maximum atomic E-state index is 12.4. The zero-order valence-electron chi connectivity index (χ0n) is 14.6. The van der Waals surface area contributed by atoms with Crippen LogP contribution in [0.2, 0.25) is 5.02 Å². The number of rotatable bonds is 5. The minimum Gasteiger partial charge on any atom is -0.496 e. The molecule has 5 nitrogen and oxygen atoms in total. The molecule has 2 aromatic carbocycles. The number of anilines is 2. The summed E-state index contributed by atoms with van der Waals surface area (Å²) in [7, 11) is 1.58. The quantitative estimate of drug-likeness (QED) is 0.810. The van der Waals surface area contributed by atoms with E-state index in [1.807, 2.05) is 24.3 Å². The number of hydrogen-bond acceptors (Lipinski definition) is 4. The van der Waals surface area contributed by atoms with Gasteiger partial charge < -0.3 is 19.7 Å². The first-order valence-electron chi connectivity index (χ1n) is 8.41. The van der Waals surface area contributed by atoms with E-state index in [0.717, 1.165) is 30.0 Å². The van der Waals surface area contributed by atoms with Gasteiger partial charge >= 0.3 is 0 Å². The molecule has 1 saturated heterocycles. The summed E-state index contributed by atoms with van der Waals surface area (Å²) in [6.07, 6.45) is 3.17. The molecule has 1 amide bonds. The highest BCUT2D eigenvalue weighted by Crippen LogP contribution is 2.27. The van der Waals surface area contributed by atoms with E-state index in [0.29, 0.717) is 24.0 Å². The van der Waals surface area contributed by atoms with Crippen LogP contribution < -0.4 is 15.0 Å². The van der Waals surface area contributed by atoms with Crippen LogP contribution in [0.5, 0.6) is 5.75 Å². The minimum atomic E-state index is -0.215. The molecule has 136 valence electrons. The average molecular weight is 373 g/mol. The lowest BCUT2D eigenvalue weighted by molar-refractivity contribution is -0.111. The standard InChI is InChI=1S/C20H21ClN2O3/c1-25-19-8-7-16(21)14-15(19)6-9-20(24)22-17-4-2-3-5-18(17)23-10-12-26-13-11-23/h2-9,14H,10-13H2,1H3,(H,22,24)/b9-6+. The number of benzene rings is 2. The third-order valence-corrected chi connectivity index (χ3v) is 4.35. The first kappa shape index (κ1) is 18.3. The van der Waals surface area contributed by atoms with Gasteiger partial charge in [0.2, 0.25) is 5.91 Å². The number of amides is 1. The summed E-state index contributed by atoms with van der Waals surface area (Å²) in [5.74, 6) is 0.444. The van der Waals surface area contributed by atoms with Crippen molar-refractivity contribution in [3.63, 3.8) is 0 Å². The number of carbonyl (C=O) groups is 1. The molecule has 0 spiro atoms. The Labute approximate surface area is 158 Å². The highest BCUT2D eigenvalue weighted by molar-refractivity contribution is 6.30. The Bertz CT molecular complexity index is 801. The molecule has 1 aliphatic heterocycles. The molecular weight excluding hydrogens is 352 g/mol. The van der Waals surface area contributed by atoms with Crippen molar-refractivity contribution in [2.75, 3.05) is 43.6 Å². The monoisotopic (exact) mass is 372 g/mol. The van der Waals surface area contributed by atoms with E-state index in [1.165, 1.54) is 6.08 Å². The number of carbonyl (C=O) groups excluding carboxylic acids is 1. The molecular formula is C20H21ClN2O3. The maximum Gasteiger partial charge on any atom is 0.248 e. The van der Waals surface area contributed by atoms with Gasteiger partial charge in [-0.15, -0.1) is 0 Å². The predicted octanol–water partition coefficient (Wildman–Crippen LogP) is 3.84. The molecule has 0 atom stereocenters. The van der Waals surface area contributed by atoms with Crippen molar-refractivity contribution in [2.24, 2.45) is 0 Å². The third-order valence-electron chi connectivity index (χ3n) is 4.12. The van der Waals surface area contributed by atoms with Crippen LogP contribution in [0.3, 0.4) is 0 Å². The van der Waals surface area contributed by atoms with Crippen LogP contribution in [-0.4, -0.2) is 39.3 Å². The number of hydrogen-bond donors (Lipinski definition) is 1. The fourth-order valence-electron chi connectivity index (χ4n) is 2.83. The van der Waals surface area contributed by atoms with Crippen molar-refractivity contribution >= 4 is 35.0 Å². The summed E-state index contributed by atoms with van der Waals surface area (Å²) in [6.45, 7) is 3.00. The number of nitrogens with one attached hydrogen (secondary N) is 1. The van der Waals surface area contributed by atoms with Gasteiger partial charge in [0, 0.05) is 29.8 Å². The Morgan fingerprint density at radius 3 is 2.77 bits per heavy atom. The highest BCUT2D eigenvalue weighted by Gasteiger charge is 2.15. The van der Waals surface area contributed by atoms with Gasteiger partial charge in [-0.3, -0.25) is 4.79 Å². The Kier molecular flexibility index (Phi) is 6.15. The molecule has 0 aliphatic carbocycles. The summed E-state index contributed by atoms with van der Waals surface area (Å²) in [5, 5.41) is 3.53. The molecule has 3 rings (SSSR count). The second-order valence-electron chi connectivity index (χ2n) is 5.83. The number of halogens is 1. The third kappa shape index (κ3) is 4.56. The summed E-state index contributed by atoms with van der Waals surface area (Å²) in [4.78, 5) is 14.6. The van der Waals surface area contributed by atoms with Crippen molar-refractivity contribution < 1.29 is 14.3 Å². The van der Waals surface area contributed by atoms with Crippen LogP contribution in [0.25, 0.3) is 6.08 Å². The van der Waals surface area contributed by atoms with Gasteiger partial charge in [0.25, 0.3) is 0 Å². The van der Waals surface area contributed by atoms with E-state index in [2.05, 4.69) is 10.2 Å². The van der Waals surface area contributed by atoms with Gasteiger partial charge in [-0.1, -0.05) is 23.7 Å². The van der Waals surface area contributed by atoms with Crippen LogP contribution in [0.15, 0.2) is 48.5 Å². The minimum absolute atomic E-state index is 0.215. The van der Waals surface area contributed by atoms with Gasteiger partial charge in [-0.25, -0.2) is 0 Å². The predicted molar refractivity (Wildman–Crippen MR) is 105 cm³/mol. The number of nitrogens with zero attached hydrogens (tertiary/aromatic N) is 1. The molecule has 1 fully saturated rings. The van der Waals surface area contributed by atoms with E-state index in [4.69, 9.17) is 21.1 Å². The van der Waals surface area contributed by atoms with E-state index in [9.17, 15) is 4.79 Å². The summed E-state index contributed by atoms with van der Waals surface area (Å²) < 4.78 is 10.7. The molecule has 2 aromatic rings. The van der Waals surface area contributed by atoms with Gasteiger partial charge in [-0.05, 0) is 36.4 Å². The smallest absolute Gasteiger partial charge is 0.248 e. The second-order valence-corrected chi connectivity index (χ2v) is 6.26. The van der Waals surface area contributed by atoms with Crippen LogP contribution in [-0.2, 0) is 9.53 Å². The van der Waals surface area contributed by atoms with E-state index >= 15 is 0 Å². The van der Waals surface area contributed by atoms with E-state index in [-0.39, 0.29) is 5.91 Å². The largest absolute Gasteiger partial charge is 0.496 e. The summed E-state index contributed by atoms with van der Waals surface area (Å²) >= 11 is 6.02. The lowest BCUT2D eigenvalue weighted by atomic mass is 10.2. The van der Waals surface area contributed by atoms with Crippen molar-refractivity contribution in [1.82, 2.24) is 0 Å². The van der Waals surface area contributed by atoms with Crippen LogP contribution >= 0.6 is 11.6 Å². The second kappa shape index (κ2) is 8.74. The molecule has 0 bridgehead atoms. The number of ether oxygens (including phenoxy) is 2. The van der Waals surface area contributed by atoms with E-state index in [1.54, 1.807) is 31.4 Å². The molecule has 0 radical (unpaired) electrons. The zero-order chi connectivity index (χ0) is 18.4. The highest BCUT2D eigenvalue weighted by atomic mass is 35.5. The average Bonchev–Trinajstić information content (AvgIpc) is 2.67. The van der Waals surface area contributed by atoms with Crippen LogP contribution in [0.1, 0.15) is 5.56 Å². The summed E-state index contributed by atoms with van der Waals surface area (Å²) in [5.41, 5.74) is 2.52. The molecule has 1 N–H and O–H groups in total. The Hall–Kier alpha value is -2.50. The normalized spacial score (nSPS) is 14.5.